The number of nitro groups is 1. The Bertz CT molecular complexity index is 1060. The van der Waals surface area contributed by atoms with E-state index in [9.17, 15) is 32.9 Å². The highest BCUT2D eigenvalue weighted by Crippen LogP contribution is 2.33. The third-order valence-electron chi connectivity index (χ3n) is 4.62. The molecule has 3 rings (SSSR count). The van der Waals surface area contributed by atoms with E-state index in [4.69, 9.17) is 16.3 Å². The van der Waals surface area contributed by atoms with Crippen LogP contribution in [0.15, 0.2) is 30.5 Å². The normalized spacial score (nSPS) is 13.7. The van der Waals surface area contributed by atoms with E-state index in [-0.39, 0.29) is 17.1 Å². The molecular formula is C19H16ClF3N4O5. The van der Waals surface area contributed by atoms with Crippen molar-refractivity contribution >= 4 is 40.7 Å². The van der Waals surface area contributed by atoms with Crippen LogP contribution in [0.25, 0.3) is 0 Å². The summed E-state index contributed by atoms with van der Waals surface area (Å²) in [7, 11) is 0. The van der Waals surface area contributed by atoms with Crippen molar-refractivity contribution in [3.05, 3.63) is 56.7 Å². The number of hydrogen-bond donors (Lipinski definition) is 1. The summed E-state index contributed by atoms with van der Waals surface area (Å²) in [6.07, 6.45) is -2.34. The number of nitro benzene ring substituents is 1. The number of anilines is 2. The van der Waals surface area contributed by atoms with Gasteiger partial charge in [-0.2, -0.15) is 13.2 Å². The van der Waals surface area contributed by atoms with Gasteiger partial charge >= 0.3 is 12.1 Å². The van der Waals surface area contributed by atoms with E-state index in [1.165, 1.54) is 12.1 Å². The Morgan fingerprint density at radius 3 is 2.53 bits per heavy atom. The zero-order valence-corrected chi connectivity index (χ0v) is 17.1. The second-order valence-electron chi connectivity index (χ2n) is 6.83. The number of halogens is 4. The van der Waals surface area contributed by atoms with Crippen LogP contribution in [0.3, 0.4) is 0 Å². The quantitative estimate of drug-likeness (QED) is 0.383. The number of aromatic nitrogens is 1. The van der Waals surface area contributed by atoms with Gasteiger partial charge in [0.2, 0.25) is 0 Å². The van der Waals surface area contributed by atoms with Crippen LogP contribution in [0.2, 0.25) is 5.02 Å². The van der Waals surface area contributed by atoms with Gasteiger partial charge in [0.25, 0.3) is 11.6 Å². The van der Waals surface area contributed by atoms with Crippen molar-refractivity contribution in [2.45, 2.75) is 19.0 Å². The summed E-state index contributed by atoms with van der Waals surface area (Å²) in [6, 6.07) is 4.47. The smallest absolute Gasteiger partial charge is 0.417 e. The molecule has 1 fully saturated rings. The van der Waals surface area contributed by atoms with Crippen LogP contribution >= 0.6 is 11.6 Å². The first-order valence-electron chi connectivity index (χ1n) is 9.29. The van der Waals surface area contributed by atoms with Crippen molar-refractivity contribution in [3.63, 3.8) is 0 Å². The second kappa shape index (κ2) is 9.39. The van der Waals surface area contributed by atoms with Crippen molar-refractivity contribution in [1.82, 2.24) is 4.98 Å². The van der Waals surface area contributed by atoms with Crippen molar-refractivity contribution in [2.75, 3.05) is 29.9 Å². The average molecular weight is 473 g/mol. The molecule has 1 N–H and O–H groups in total. The van der Waals surface area contributed by atoms with Gasteiger partial charge in [-0.05, 0) is 31.0 Å². The summed E-state index contributed by atoms with van der Waals surface area (Å²) in [5.41, 5.74) is -1.08. The van der Waals surface area contributed by atoms with Crippen molar-refractivity contribution < 1.29 is 32.4 Å². The molecule has 1 aliphatic heterocycles. The van der Waals surface area contributed by atoms with E-state index in [1.54, 1.807) is 0 Å². The molecule has 1 amide bonds. The van der Waals surface area contributed by atoms with Crippen LogP contribution in [0.4, 0.5) is 30.4 Å². The molecule has 0 radical (unpaired) electrons. The zero-order chi connectivity index (χ0) is 23.5. The predicted octanol–water partition coefficient (Wildman–Crippen LogP) is 4.06. The standard InChI is InChI=1S/C19H16ClF3N4O5/c20-13-8-12(19(21,22)23)9-24-17(13)25-16(28)10-32-18(29)11-3-4-14(15(7-11)27(30)31)26-5-1-2-6-26/h3-4,7-9H,1-2,5-6,10H2,(H,24,25,28). The fraction of sp³-hybridized carbons (Fsp3) is 0.316. The second-order valence-corrected chi connectivity index (χ2v) is 7.24. The molecule has 32 heavy (non-hydrogen) atoms. The summed E-state index contributed by atoms with van der Waals surface area (Å²) in [4.78, 5) is 40.3. The summed E-state index contributed by atoms with van der Waals surface area (Å²) >= 11 is 5.70. The SMILES string of the molecule is O=C(COC(=O)c1ccc(N2CCCC2)c([N+](=O)[O-])c1)Nc1ncc(C(F)(F)F)cc1Cl. The molecule has 1 aliphatic rings. The lowest BCUT2D eigenvalue weighted by molar-refractivity contribution is -0.384. The first-order valence-corrected chi connectivity index (χ1v) is 9.67. The molecule has 2 heterocycles. The topological polar surface area (TPSA) is 115 Å². The van der Waals surface area contributed by atoms with Gasteiger partial charge in [0.05, 0.1) is 21.1 Å². The number of alkyl halides is 3. The summed E-state index contributed by atoms with van der Waals surface area (Å²) in [5.74, 6) is -2.23. The monoisotopic (exact) mass is 472 g/mol. The number of benzene rings is 1. The third-order valence-corrected chi connectivity index (χ3v) is 4.90. The fourth-order valence-electron chi connectivity index (χ4n) is 3.09. The number of pyridine rings is 1. The number of ether oxygens (including phenoxy) is 1. The van der Waals surface area contributed by atoms with Crippen molar-refractivity contribution in [2.24, 2.45) is 0 Å². The number of nitrogens with one attached hydrogen (secondary N) is 1. The Kier molecular flexibility index (Phi) is 6.82. The summed E-state index contributed by atoms with van der Waals surface area (Å²) < 4.78 is 42.7. The molecule has 13 heteroatoms. The fourth-order valence-corrected chi connectivity index (χ4v) is 3.30. The lowest BCUT2D eigenvalue weighted by Gasteiger charge is -2.17. The van der Waals surface area contributed by atoms with Gasteiger partial charge in [0.15, 0.2) is 12.4 Å². The molecule has 0 spiro atoms. The number of carbonyl (C=O) groups is 2. The molecular weight excluding hydrogens is 457 g/mol. The highest BCUT2D eigenvalue weighted by atomic mass is 35.5. The Morgan fingerprint density at radius 1 is 1.25 bits per heavy atom. The molecule has 0 aliphatic carbocycles. The lowest BCUT2D eigenvalue weighted by Crippen LogP contribution is -2.22. The molecule has 1 saturated heterocycles. The van der Waals surface area contributed by atoms with E-state index in [0.717, 1.165) is 18.9 Å². The van der Waals surface area contributed by atoms with Crippen LogP contribution < -0.4 is 10.2 Å². The van der Waals surface area contributed by atoms with E-state index in [2.05, 4.69) is 10.3 Å². The number of rotatable bonds is 6. The maximum atomic E-state index is 12.6. The molecule has 170 valence electrons. The Hall–Kier alpha value is -3.41. The minimum atomic E-state index is -4.65. The maximum Gasteiger partial charge on any atom is 0.417 e. The van der Waals surface area contributed by atoms with Crippen LogP contribution in [0.1, 0.15) is 28.8 Å². The average Bonchev–Trinajstić information content (AvgIpc) is 3.27. The summed E-state index contributed by atoms with van der Waals surface area (Å²) in [5, 5.41) is 13.1. The molecule has 0 atom stereocenters. The van der Waals surface area contributed by atoms with Gasteiger partial charge in [-0.1, -0.05) is 11.6 Å². The maximum absolute atomic E-state index is 12.6. The minimum Gasteiger partial charge on any atom is -0.452 e. The van der Waals surface area contributed by atoms with Gasteiger partial charge in [-0.25, -0.2) is 9.78 Å². The summed E-state index contributed by atoms with van der Waals surface area (Å²) in [6.45, 7) is 0.538. The number of carbonyl (C=O) groups excluding carboxylic acids is 2. The van der Waals surface area contributed by atoms with Gasteiger partial charge < -0.3 is 15.0 Å². The van der Waals surface area contributed by atoms with Gasteiger partial charge in [-0.3, -0.25) is 14.9 Å². The van der Waals surface area contributed by atoms with Gasteiger partial charge in [-0.15, -0.1) is 0 Å². The predicted molar refractivity (Wildman–Crippen MR) is 108 cm³/mol. The Morgan fingerprint density at radius 2 is 1.94 bits per heavy atom. The third kappa shape index (κ3) is 5.44. The molecule has 1 aromatic carbocycles. The Balaban J connectivity index is 1.63. The zero-order valence-electron chi connectivity index (χ0n) is 16.3. The van der Waals surface area contributed by atoms with Gasteiger partial charge in [0.1, 0.15) is 5.69 Å². The van der Waals surface area contributed by atoms with E-state index in [1.807, 2.05) is 4.90 Å². The highest BCUT2D eigenvalue weighted by Gasteiger charge is 2.32. The largest absolute Gasteiger partial charge is 0.452 e. The molecule has 1 aromatic heterocycles. The first kappa shape index (κ1) is 23.3. The number of nitrogens with zero attached hydrogens (tertiary/aromatic N) is 3. The Labute approximate surface area is 184 Å². The molecule has 0 bridgehead atoms. The first-order chi connectivity index (χ1) is 15.1. The van der Waals surface area contributed by atoms with E-state index in [0.29, 0.717) is 31.0 Å². The van der Waals surface area contributed by atoms with E-state index >= 15 is 0 Å². The highest BCUT2D eigenvalue weighted by molar-refractivity contribution is 6.33. The van der Waals surface area contributed by atoms with Gasteiger partial charge in [0, 0.05) is 25.4 Å². The minimum absolute atomic E-state index is 0.127. The lowest BCUT2D eigenvalue weighted by atomic mass is 10.1. The van der Waals surface area contributed by atoms with Crippen molar-refractivity contribution in [3.8, 4) is 0 Å². The molecule has 0 unspecified atom stereocenters. The number of amides is 1. The van der Waals surface area contributed by atoms with Crippen LogP contribution in [-0.2, 0) is 15.7 Å². The van der Waals surface area contributed by atoms with Crippen LogP contribution in [0, 0.1) is 10.1 Å². The van der Waals surface area contributed by atoms with Crippen LogP contribution in [0.5, 0.6) is 0 Å². The number of esters is 1. The molecule has 9 nitrogen and oxygen atoms in total. The number of hydrogen-bond acceptors (Lipinski definition) is 7. The van der Waals surface area contributed by atoms with Crippen molar-refractivity contribution in [1.29, 1.82) is 0 Å². The van der Waals surface area contributed by atoms with E-state index < -0.39 is 40.2 Å². The molecule has 2 aromatic rings. The molecule has 0 saturated carbocycles. The van der Waals surface area contributed by atoms with Crippen LogP contribution in [-0.4, -0.2) is 41.5 Å².